The van der Waals surface area contributed by atoms with Crippen molar-refractivity contribution < 1.29 is 10.0 Å². The number of nitrogens with one attached hydrogen (secondary N) is 1. The van der Waals surface area contributed by atoms with Crippen LogP contribution in [0.1, 0.15) is 16.7 Å². The number of hydrazone groups is 1. The second-order valence-corrected chi connectivity index (χ2v) is 7.36. The van der Waals surface area contributed by atoms with Crippen molar-refractivity contribution in [3.05, 3.63) is 67.0 Å². The minimum absolute atomic E-state index is 0.0539. The van der Waals surface area contributed by atoms with Gasteiger partial charge in [-0.2, -0.15) is 5.10 Å². The van der Waals surface area contributed by atoms with E-state index < -0.39 is 4.92 Å². The highest BCUT2D eigenvalue weighted by Gasteiger charge is 2.24. The number of aromatic nitrogens is 1. The monoisotopic (exact) mass is 446 g/mol. The van der Waals surface area contributed by atoms with E-state index in [9.17, 15) is 15.2 Å². The third kappa shape index (κ3) is 3.83. The van der Waals surface area contributed by atoms with Gasteiger partial charge in [0, 0.05) is 27.6 Å². The van der Waals surface area contributed by atoms with Gasteiger partial charge < -0.3 is 5.11 Å². The Morgan fingerprint density at radius 2 is 2.00 bits per heavy atom. The van der Waals surface area contributed by atoms with Gasteiger partial charge in [0.2, 0.25) is 5.13 Å². The summed E-state index contributed by atoms with van der Waals surface area (Å²) in [5, 5.41) is 28.2. The predicted molar refractivity (Wildman–Crippen MR) is 111 cm³/mol. The first kappa shape index (κ1) is 19.0. The quantitative estimate of drug-likeness (QED) is 0.316. The van der Waals surface area contributed by atoms with Crippen molar-refractivity contribution in [1.82, 2.24) is 4.98 Å². The molecular weight excluding hydrogens is 432 g/mol. The molecule has 0 spiro atoms. The van der Waals surface area contributed by atoms with E-state index in [2.05, 4.69) is 31.4 Å². The molecule has 2 aromatic carbocycles. The summed E-state index contributed by atoms with van der Waals surface area (Å²) in [5.74, 6) is -0.0923. The summed E-state index contributed by atoms with van der Waals surface area (Å²) in [6, 6.07) is 9.74. The fraction of sp³-hybridized carbons (Fsp3) is 0.111. The summed E-state index contributed by atoms with van der Waals surface area (Å²) in [7, 11) is 0. The Hall–Kier alpha value is -2.78. The number of hydrogen-bond donors (Lipinski definition) is 2. The van der Waals surface area contributed by atoms with Crippen LogP contribution in [0, 0.1) is 24.0 Å². The minimum atomic E-state index is -0.466. The number of hydrogen-bond acceptors (Lipinski definition) is 7. The highest BCUT2D eigenvalue weighted by Crippen LogP contribution is 2.39. The molecule has 138 valence electrons. The lowest BCUT2D eigenvalue weighted by Gasteiger charge is -2.10. The smallest absolute Gasteiger partial charge is 0.277 e. The van der Waals surface area contributed by atoms with Crippen LogP contribution in [0.2, 0.25) is 0 Å². The highest BCUT2D eigenvalue weighted by atomic mass is 79.9. The molecule has 0 aliphatic rings. The molecule has 0 atom stereocenters. The molecule has 3 aromatic rings. The largest absolute Gasteiger partial charge is 0.506 e. The standard InChI is InChI=1S/C18H15BrN4O3S/c1-10-13(17(24)15(19)11(2)16(10)23(25)26)8-20-22-18-21-14(9-27-18)12-6-4-3-5-7-12/h3-9,24H,1-2H3,(H,21,22). The minimum Gasteiger partial charge on any atom is -0.506 e. The molecule has 0 bridgehead atoms. The fourth-order valence-corrected chi connectivity index (χ4v) is 3.71. The number of phenols is 1. The first-order valence-electron chi connectivity index (χ1n) is 7.86. The topological polar surface area (TPSA) is 101 Å². The molecule has 9 heteroatoms. The van der Waals surface area contributed by atoms with Crippen LogP contribution in [-0.4, -0.2) is 21.2 Å². The molecule has 0 saturated heterocycles. The number of nitro groups is 1. The molecule has 0 unspecified atom stereocenters. The van der Waals surface area contributed by atoms with Gasteiger partial charge >= 0.3 is 0 Å². The van der Waals surface area contributed by atoms with Crippen molar-refractivity contribution in [2.75, 3.05) is 5.43 Å². The number of benzene rings is 2. The van der Waals surface area contributed by atoms with E-state index in [1.165, 1.54) is 17.6 Å². The number of aromatic hydroxyl groups is 1. The van der Waals surface area contributed by atoms with Gasteiger partial charge in [-0.3, -0.25) is 15.5 Å². The Labute approximate surface area is 167 Å². The second-order valence-electron chi connectivity index (χ2n) is 5.71. The van der Waals surface area contributed by atoms with Crippen LogP contribution in [0.5, 0.6) is 5.75 Å². The zero-order valence-corrected chi connectivity index (χ0v) is 16.8. The predicted octanol–water partition coefficient (Wildman–Crippen LogP) is 5.25. The van der Waals surface area contributed by atoms with Crippen molar-refractivity contribution in [2.45, 2.75) is 13.8 Å². The Kier molecular flexibility index (Phi) is 5.52. The highest BCUT2D eigenvalue weighted by molar-refractivity contribution is 9.10. The third-order valence-electron chi connectivity index (χ3n) is 4.02. The molecule has 1 heterocycles. The van der Waals surface area contributed by atoms with Gasteiger partial charge in [0.15, 0.2) is 0 Å². The van der Waals surface area contributed by atoms with Gasteiger partial charge in [0.25, 0.3) is 5.69 Å². The van der Waals surface area contributed by atoms with Crippen LogP contribution in [0.25, 0.3) is 11.3 Å². The number of halogens is 1. The molecule has 0 fully saturated rings. The van der Waals surface area contributed by atoms with Crippen molar-refractivity contribution in [3.8, 4) is 17.0 Å². The number of nitrogens with zero attached hydrogens (tertiary/aromatic N) is 3. The lowest BCUT2D eigenvalue weighted by atomic mass is 10.0. The van der Waals surface area contributed by atoms with Crippen LogP contribution < -0.4 is 5.43 Å². The van der Waals surface area contributed by atoms with E-state index in [-0.39, 0.29) is 21.5 Å². The van der Waals surface area contributed by atoms with Gasteiger partial charge in [-0.1, -0.05) is 30.3 Å². The van der Waals surface area contributed by atoms with Crippen molar-refractivity contribution in [2.24, 2.45) is 5.10 Å². The fourth-order valence-electron chi connectivity index (χ4n) is 2.64. The zero-order chi connectivity index (χ0) is 19.6. The van der Waals surface area contributed by atoms with Crippen molar-refractivity contribution in [1.29, 1.82) is 0 Å². The van der Waals surface area contributed by atoms with Gasteiger partial charge in [0.05, 0.1) is 21.3 Å². The Balaban J connectivity index is 1.85. The lowest BCUT2D eigenvalue weighted by Crippen LogP contribution is -2.02. The normalized spacial score (nSPS) is 11.1. The summed E-state index contributed by atoms with van der Waals surface area (Å²) < 4.78 is 0.280. The van der Waals surface area contributed by atoms with E-state index in [0.717, 1.165) is 11.3 Å². The lowest BCUT2D eigenvalue weighted by molar-refractivity contribution is -0.386. The maximum Gasteiger partial charge on any atom is 0.277 e. The Morgan fingerprint density at radius 1 is 1.30 bits per heavy atom. The van der Waals surface area contributed by atoms with E-state index >= 15 is 0 Å². The maximum atomic E-state index is 11.3. The van der Waals surface area contributed by atoms with Crippen LogP contribution in [0.15, 0.2) is 45.3 Å². The molecule has 0 aliphatic heterocycles. The van der Waals surface area contributed by atoms with Gasteiger partial charge in [-0.25, -0.2) is 4.98 Å². The molecule has 7 nitrogen and oxygen atoms in total. The molecule has 1 aromatic heterocycles. The second kappa shape index (κ2) is 7.85. The number of nitro benzene ring substituents is 1. The molecule has 0 amide bonds. The summed E-state index contributed by atoms with van der Waals surface area (Å²) >= 11 is 4.59. The van der Waals surface area contributed by atoms with E-state index in [4.69, 9.17) is 0 Å². The van der Waals surface area contributed by atoms with Gasteiger partial charge in [-0.15, -0.1) is 11.3 Å². The molecule has 27 heavy (non-hydrogen) atoms. The third-order valence-corrected chi connectivity index (χ3v) is 5.73. The first-order valence-corrected chi connectivity index (χ1v) is 9.53. The number of phenolic OH excluding ortho intramolecular Hbond substituents is 1. The van der Waals surface area contributed by atoms with Crippen LogP contribution in [0.3, 0.4) is 0 Å². The molecule has 0 radical (unpaired) electrons. The first-order chi connectivity index (χ1) is 12.9. The summed E-state index contributed by atoms with van der Waals surface area (Å²) in [5.41, 5.74) is 5.55. The van der Waals surface area contributed by atoms with Crippen LogP contribution in [0.4, 0.5) is 10.8 Å². The average molecular weight is 447 g/mol. The summed E-state index contributed by atoms with van der Waals surface area (Å²) in [6.45, 7) is 3.16. The Bertz CT molecular complexity index is 1030. The number of thiazole rings is 1. The van der Waals surface area contributed by atoms with Crippen LogP contribution in [-0.2, 0) is 0 Å². The Morgan fingerprint density at radius 3 is 2.67 bits per heavy atom. The zero-order valence-electron chi connectivity index (χ0n) is 14.4. The SMILES string of the molecule is Cc1c(Br)c(O)c(C=NNc2nc(-c3ccccc3)cs2)c(C)c1[N+](=O)[O-]. The molecular formula is C18H15BrN4O3S. The maximum absolute atomic E-state index is 11.3. The van der Waals surface area contributed by atoms with Crippen LogP contribution >= 0.6 is 27.3 Å². The number of anilines is 1. The average Bonchev–Trinajstić information content (AvgIpc) is 3.12. The van der Waals surface area contributed by atoms with E-state index in [1.54, 1.807) is 13.8 Å². The number of rotatable bonds is 5. The van der Waals surface area contributed by atoms with Gasteiger partial charge in [0.1, 0.15) is 5.75 Å². The molecule has 3 rings (SSSR count). The van der Waals surface area contributed by atoms with E-state index in [0.29, 0.717) is 16.3 Å². The van der Waals surface area contributed by atoms with Gasteiger partial charge in [-0.05, 0) is 29.8 Å². The molecule has 0 saturated carbocycles. The van der Waals surface area contributed by atoms with Crippen molar-refractivity contribution in [3.63, 3.8) is 0 Å². The van der Waals surface area contributed by atoms with E-state index in [1.807, 2.05) is 35.7 Å². The summed E-state index contributed by atoms with van der Waals surface area (Å²) in [6.07, 6.45) is 1.35. The summed E-state index contributed by atoms with van der Waals surface area (Å²) in [4.78, 5) is 15.3. The van der Waals surface area contributed by atoms with Crippen molar-refractivity contribution >= 4 is 44.3 Å². The molecule has 2 N–H and O–H groups in total. The molecule has 0 aliphatic carbocycles.